The highest BCUT2D eigenvalue weighted by Gasteiger charge is 2.21. The summed E-state index contributed by atoms with van der Waals surface area (Å²) in [5, 5.41) is 3.21. The van der Waals surface area contributed by atoms with Gasteiger partial charge in [-0.05, 0) is 18.3 Å². The van der Waals surface area contributed by atoms with Crippen molar-refractivity contribution in [1.82, 2.24) is 9.55 Å². The molecule has 1 aliphatic rings. The molecule has 1 aromatic heterocycles. The lowest BCUT2D eigenvalue weighted by atomic mass is 9.80. The van der Waals surface area contributed by atoms with Crippen molar-refractivity contribution in [3.63, 3.8) is 0 Å². The van der Waals surface area contributed by atoms with Crippen molar-refractivity contribution in [3.8, 4) is 0 Å². The van der Waals surface area contributed by atoms with E-state index in [4.69, 9.17) is 0 Å². The second-order valence-electron chi connectivity index (χ2n) is 5.09. The highest BCUT2D eigenvalue weighted by molar-refractivity contribution is 5.30. The van der Waals surface area contributed by atoms with Crippen LogP contribution in [0.5, 0.6) is 0 Å². The average Bonchev–Trinajstić information content (AvgIpc) is 2.33. The topological polar surface area (TPSA) is 46.9 Å². The molecule has 1 N–H and O–H groups in total. The summed E-state index contributed by atoms with van der Waals surface area (Å²) in [6, 6.07) is 0. The molecule has 1 aliphatic carbocycles. The molecule has 17 heavy (non-hydrogen) atoms. The molecule has 0 bridgehead atoms. The van der Waals surface area contributed by atoms with E-state index in [9.17, 15) is 4.79 Å². The van der Waals surface area contributed by atoms with Crippen LogP contribution in [-0.2, 0) is 7.05 Å². The first kappa shape index (κ1) is 12.1. The van der Waals surface area contributed by atoms with Gasteiger partial charge < -0.3 is 9.88 Å². The van der Waals surface area contributed by atoms with E-state index in [1.54, 1.807) is 24.0 Å². The number of nitrogens with one attached hydrogen (secondary N) is 1. The number of hydrogen-bond acceptors (Lipinski definition) is 3. The zero-order valence-corrected chi connectivity index (χ0v) is 10.6. The molecule has 0 saturated heterocycles. The monoisotopic (exact) mass is 235 g/mol. The van der Waals surface area contributed by atoms with Crippen LogP contribution in [-0.4, -0.2) is 16.1 Å². The van der Waals surface area contributed by atoms with E-state index in [2.05, 4.69) is 17.2 Å². The number of aryl methyl sites for hydroxylation is 1. The first-order valence-electron chi connectivity index (χ1n) is 6.44. The predicted molar refractivity (Wildman–Crippen MR) is 69.1 cm³/mol. The predicted octanol–water partition coefficient (Wildman–Crippen LogP) is 2.02. The molecule has 0 radical (unpaired) electrons. The first-order chi connectivity index (χ1) is 8.18. The van der Waals surface area contributed by atoms with Crippen LogP contribution in [0.25, 0.3) is 0 Å². The zero-order chi connectivity index (χ0) is 12.3. The summed E-state index contributed by atoms with van der Waals surface area (Å²) in [6.45, 7) is 3.18. The van der Waals surface area contributed by atoms with Crippen molar-refractivity contribution in [1.29, 1.82) is 0 Å². The summed E-state index contributed by atoms with van der Waals surface area (Å²) in [7, 11) is 1.75. The third-order valence-electron chi connectivity index (χ3n) is 3.84. The lowest BCUT2D eigenvalue weighted by Gasteiger charge is -2.28. The van der Waals surface area contributed by atoms with Gasteiger partial charge in [0, 0.05) is 26.0 Å². The van der Waals surface area contributed by atoms with Crippen LogP contribution in [0.1, 0.15) is 32.6 Å². The van der Waals surface area contributed by atoms with Gasteiger partial charge in [-0.2, -0.15) is 0 Å². The van der Waals surface area contributed by atoms with Gasteiger partial charge in [-0.15, -0.1) is 0 Å². The molecule has 2 unspecified atom stereocenters. The maximum absolute atomic E-state index is 11.8. The largest absolute Gasteiger partial charge is 0.365 e. The van der Waals surface area contributed by atoms with Crippen LogP contribution in [0.4, 0.5) is 5.82 Å². The Morgan fingerprint density at radius 3 is 3.00 bits per heavy atom. The zero-order valence-electron chi connectivity index (χ0n) is 10.6. The van der Waals surface area contributed by atoms with E-state index in [0.29, 0.717) is 11.7 Å². The Hall–Kier alpha value is -1.32. The lowest BCUT2D eigenvalue weighted by molar-refractivity contribution is 0.268. The van der Waals surface area contributed by atoms with Gasteiger partial charge >= 0.3 is 0 Å². The van der Waals surface area contributed by atoms with Crippen molar-refractivity contribution < 1.29 is 0 Å². The van der Waals surface area contributed by atoms with Crippen LogP contribution in [0.3, 0.4) is 0 Å². The van der Waals surface area contributed by atoms with Gasteiger partial charge in [-0.3, -0.25) is 4.79 Å². The van der Waals surface area contributed by atoms with Crippen LogP contribution in [0.2, 0.25) is 0 Å². The van der Waals surface area contributed by atoms with Gasteiger partial charge in [-0.25, -0.2) is 4.98 Å². The molecule has 2 rings (SSSR count). The molecule has 4 nitrogen and oxygen atoms in total. The molecule has 4 heteroatoms. The molecule has 1 heterocycles. The van der Waals surface area contributed by atoms with Gasteiger partial charge in [-0.1, -0.05) is 26.2 Å². The number of nitrogens with zero attached hydrogens (tertiary/aromatic N) is 2. The molecule has 94 valence electrons. The molecule has 2 atom stereocenters. The van der Waals surface area contributed by atoms with Crippen molar-refractivity contribution in [2.75, 3.05) is 11.9 Å². The van der Waals surface area contributed by atoms with Crippen LogP contribution >= 0.6 is 0 Å². The normalized spacial score (nSPS) is 24.6. The average molecular weight is 235 g/mol. The first-order valence-corrected chi connectivity index (χ1v) is 6.44. The van der Waals surface area contributed by atoms with Crippen molar-refractivity contribution >= 4 is 5.82 Å². The van der Waals surface area contributed by atoms with E-state index in [1.807, 2.05) is 0 Å². The Kier molecular flexibility index (Phi) is 3.82. The molecule has 0 aliphatic heterocycles. The molecule has 0 aromatic carbocycles. The number of aromatic nitrogens is 2. The maximum atomic E-state index is 11.8. The Morgan fingerprint density at radius 2 is 2.24 bits per heavy atom. The van der Waals surface area contributed by atoms with Crippen molar-refractivity contribution in [2.45, 2.75) is 32.6 Å². The SMILES string of the molecule is CC1CCCCC1CNc1nccn(C)c1=O. The van der Waals surface area contributed by atoms with Gasteiger partial charge in [0.05, 0.1) is 0 Å². The minimum absolute atomic E-state index is 0.0454. The van der Waals surface area contributed by atoms with E-state index < -0.39 is 0 Å². The number of rotatable bonds is 3. The standard InChI is InChI=1S/C13H21N3O/c1-10-5-3-4-6-11(10)9-15-12-13(17)16(2)8-7-14-12/h7-8,10-11H,3-6,9H2,1-2H3,(H,14,15). The fourth-order valence-electron chi connectivity index (χ4n) is 2.54. The minimum atomic E-state index is -0.0454. The molecule has 0 spiro atoms. The summed E-state index contributed by atoms with van der Waals surface area (Å²) in [5.74, 6) is 1.91. The van der Waals surface area contributed by atoms with Crippen LogP contribution in [0.15, 0.2) is 17.2 Å². The Bertz CT molecular complexity index is 427. The lowest BCUT2D eigenvalue weighted by Crippen LogP contribution is -2.28. The summed E-state index contributed by atoms with van der Waals surface area (Å²) < 4.78 is 1.56. The molecule has 0 amide bonds. The smallest absolute Gasteiger partial charge is 0.293 e. The Morgan fingerprint density at radius 1 is 1.47 bits per heavy atom. The van der Waals surface area contributed by atoms with Gasteiger partial charge in [0.25, 0.3) is 5.56 Å². The quantitative estimate of drug-likeness (QED) is 0.872. The Labute approximate surface area is 102 Å². The summed E-state index contributed by atoms with van der Waals surface area (Å²) in [6.07, 6.45) is 8.58. The minimum Gasteiger partial charge on any atom is -0.365 e. The molecular weight excluding hydrogens is 214 g/mol. The Balaban J connectivity index is 1.97. The molecule has 1 aromatic rings. The molecular formula is C13H21N3O. The van der Waals surface area contributed by atoms with Gasteiger partial charge in [0.1, 0.15) is 0 Å². The van der Waals surface area contributed by atoms with Crippen molar-refractivity contribution in [3.05, 3.63) is 22.7 Å². The third-order valence-corrected chi connectivity index (χ3v) is 3.84. The summed E-state index contributed by atoms with van der Waals surface area (Å²) in [5.41, 5.74) is -0.0454. The van der Waals surface area contributed by atoms with E-state index in [0.717, 1.165) is 12.5 Å². The fourth-order valence-corrected chi connectivity index (χ4v) is 2.54. The van der Waals surface area contributed by atoms with E-state index in [-0.39, 0.29) is 5.56 Å². The second-order valence-corrected chi connectivity index (χ2v) is 5.09. The van der Waals surface area contributed by atoms with Crippen LogP contribution in [0, 0.1) is 11.8 Å². The van der Waals surface area contributed by atoms with Crippen LogP contribution < -0.4 is 10.9 Å². The van der Waals surface area contributed by atoms with E-state index >= 15 is 0 Å². The van der Waals surface area contributed by atoms with E-state index in [1.165, 1.54) is 25.7 Å². The number of hydrogen-bond donors (Lipinski definition) is 1. The summed E-state index contributed by atoms with van der Waals surface area (Å²) >= 11 is 0. The second kappa shape index (κ2) is 5.34. The number of anilines is 1. The maximum Gasteiger partial charge on any atom is 0.293 e. The fraction of sp³-hybridized carbons (Fsp3) is 0.692. The highest BCUT2D eigenvalue weighted by Crippen LogP contribution is 2.29. The van der Waals surface area contributed by atoms with Gasteiger partial charge in [0.2, 0.25) is 0 Å². The highest BCUT2D eigenvalue weighted by atomic mass is 16.1. The van der Waals surface area contributed by atoms with Crippen molar-refractivity contribution in [2.24, 2.45) is 18.9 Å². The molecule has 1 fully saturated rings. The summed E-state index contributed by atoms with van der Waals surface area (Å²) in [4.78, 5) is 15.9. The molecule has 1 saturated carbocycles. The third kappa shape index (κ3) is 2.87. The van der Waals surface area contributed by atoms with Gasteiger partial charge in [0.15, 0.2) is 5.82 Å².